The van der Waals surface area contributed by atoms with Crippen LogP contribution in [0.4, 0.5) is 0 Å². The molecule has 1 aliphatic carbocycles. The monoisotopic (exact) mass is 450 g/mol. The van der Waals surface area contributed by atoms with Crippen LogP contribution in [0.15, 0.2) is 115 Å². The Bertz CT molecular complexity index is 1130. The summed E-state index contributed by atoms with van der Waals surface area (Å²) < 4.78 is 0. The molecule has 4 aromatic rings. The lowest BCUT2D eigenvalue weighted by atomic mass is 9.83. The molecule has 1 aliphatic heterocycles. The summed E-state index contributed by atoms with van der Waals surface area (Å²) >= 11 is 0. The third-order valence-corrected chi connectivity index (χ3v) is 13.4. The van der Waals surface area contributed by atoms with Crippen molar-refractivity contribution in [2.45, 2.75) is 36.5 Å². The molecule has 1 heterocycles. The van der Waals surface area contributed by atoms with E-state index in [-0.39, 0.29) is 7.92 Å². The third-order valence-electron chi connectivity index (χ3n) is 7.15. The zero-order valence-electron chi connectivity index (χ0n) is 18.2. The van der Waals surface area contributed by atoms with E-state index in [9.17, 15) is 0 Å². The lowest BCUT2D eigenvalue weighted by molar-refractivity contribution is 0.468. The predicted molar refractivity (Wildman–Crippen MR) is 142 cm³/mol. The van der Waals surface area contributed by atoms with Gasteiger partial charge in [0.05, 0.1) is 0 Å². The summed E-state index contributed by atoms with van der Waals surface area (Å²) in [6.45, 7) is 0. The molecule has 4 aromatic carbocycles. The average Bonchev–Trinajstić information content (AvgIpc) is 3.21. The third kappa shape index (κ3) is 3.55. The van der Waals surface area contributed by atoms with Gasteiger partial charge >= 0.3 is 0 Å². The second kappa shape index (κ2) is 8.94. The SMILES string of the molecule is c1ccc(P(c2ccccc2)[C@@H]2CCC[C@H]3c4ccccc4[P@](c4ccccc4)[C@@H]23)cc1. The van der Waals surface area contributed by atoms with Crippen molar-refractivity contribution in [1.82, 2.24) is 0 Å². The average molecular weight is 451 g/mol. The summed E-state index contributed by atoms with van der Waals surface area (Å²) in [6.07, 6.45) is 4.03. The fourth-order valence-corrected chi connectivity index (χ4v) is 13.1. The summed E-state index contributed by atoms with van der Waals surface area (Å²) in [4.78, 5) is 0. The van der Waals surface area contributed by atoms with Gasteiger partial charge in [-0.05, 0) is 67.0 Å². The lowest BCUT2D eigenvalue weighted by Gasteiger charge is -2.42. The fraction of sp³-hybridized carbons (Fsp3) is 0.200. The Morgan fingerprint density at radius 3 is 1.81 bits per heavy atom. The Balaban J connectivity index is 1.52. The Morgan fingerprint density at radius 2 is 1.16 bits per heavy atom. The van der Waals surface area contributed by atoms with Gasteiger partial charge in [0.15, 0.2) is 0 Å². The van der Waals surface area contributed by atoms with Crippen LogP contribution in [0.2, 0.25) is 0 Å². The zero-order valence-corrected chi connectivity index (χ0v) is 20.0. The van der Waals surface area contributed by atoms with Crippen LogP contribution < -0.4 is 21.2 Å². The Morgan fingerprint density at radius 1 is 0.594 bits per heavy atom. The van der Waals surface area contributed by atoms with E-state index in [0.29, 0.717) is 11.6 Å². The normalized spacial score (nSPS) is 24.2. The van der Waals surface area contributed by atoms with Crippen molar-refractivity contribution in [2.75, 3.05) is 0 Å². The maximum Gasteiger partial charge on any atom is 0.00140 e. The molecule has 0 bridgehead atoms. The number of benzene rings is 4. The molecule has 158 valence electrons. The minimum absolute atomic E-state index is 0.350. The molecule has 0 spiro atoms. The van der Waals surface area contributed by atoms with Crippen molar-refractivity contribution < 1.29 is 0 Å². The van der Waals surface area contributed by atoms with Crippen molar-refractivity contribution in [1.29, 1.82) is 0 Å². The molecule has 1 fully saturated rings. The van der Waals surface area contributed by atoms with Gasteiger partial charge in [-0.25, -0.2) is 0 Å². The van der Waals surface area contributed by atoms with Gasteiger partial charge in [-0.1, -0.05) is 122 Å². The Hall–Kier alpha value is -2.26. The van der Waals surface area contributed by atoms with Gasteiger partial charge in [-0.2, -0.15) is 0 Å². The number of rotatable bonds is 4. The first-order valence-electron chi connectivity index (χ1n) is 11.7. The van der Waals surface area contributed by atoms with Gasteiger partial charge in [0, 0.05) is 5.66 Å². The predicted octanol–water partition coefficient (Wildman–Crippen LogP) is 6.27. The van der Waals surface area contributed by atoms with Crippen LogP contribution in [0.1, 0.15) is 30.7 Å². The molecule has 0 unspecified atom stereocenters. The second-order valence-corrected chi connectivity index (χ2v) is 13.7. The molecule has 0 N–H and O–H groups in total. The van der Waals surface area contributed by atoms with Gasteiger partial charge in [-0.3, -0.25) is 0 Å². The first-order valence-corrected chi connectivity index (χ1v) is 14.6. The Kier molecular flexibility index (Phi) is 5.69. The van der Waals surface area contributed by atoms with Crippen LogP contribution in [-0.4, -0.2) is 11.3 Å². The van der Waals surface area contributed by atoms with Crippen molar-refractivity contribution in [3.63, 3.8) is 0 Å². The summed E-state index contributed by atoms with van der Waals surface area (Å²) in [5, 5.41) is 6.29. The smallest absolute Gasteiger partial charge is 0.00140 e. The highest BCUT2D eigenvalue weighted by atomic mass is 31.1. The van der Waals surface area contributed by atoms with E-state index in [1.165, 1.54) is 19.3 Å². The van der Waals surface area contributed by atoms with E-state index in [4.69, 9.17) is 0 Å². The quantitative estimate of drug-likeness (QED) is 0.322. The lowest BCUT2D eigenvalue weighted by Crippen LogP contribution is -2.37. The first-order chi connectivity index (χ1) is 15.9. The van der Waals surface area contributed by atoms with Gasteiger partial charge in [0.2, 0.25) is 0 Å². The topological polar surface area (TPSA) is 0 Å². The highest BCUT2D eigenvalue weighted by Gasteiger charge is 2.49. The van der Waals surface area contributed by atoms with Crippen LogP contribution in [0.25, 0.3) is 0 Å². The van der Waals surface area contributed by atoms with Crippen molar-refractivity contribution >= 4 is 37.1 Å². The van der Waals surface area contributed by atoms with E-state index in [1.54, 1.807) is 26.8 Å². The van der Waals surface area contributed by atoms with Crippen LogP contribution in [-0.2, 0) is 0 Å². The molecular weight excluding hydrogens is 422 g/mol. The maximum atomic E-state index is 2.44. The van der Waals surface area contributed by atoms with Crippen LogP contribution >= 0.6 is 15.8 Å². The van der Waals surface area contributed by atoms with Gasteiger partial charge in [0.1, 0.15) is 0 Å². The largest absolute Gasteiger partial charge is 0.0622 e. The number of fused-ring (bicyclic) bond motifs is 3. The molecule has 2 aliphatic rings. The van der Waals surface area contributed by atoms with E-state index in [1.807, 2.05) is 0 Å². The molecular formula is C30H28P2. The molecule has 0 saturated heterocycles. The zero-order chi connectivity index (χ0) is 21.3. The van der Waals surface area contributed by atoms with Crippen molar-refractivity contribution in [2.24, 2.45) is 0 Å². The molecule has 4 atom stereocenters. The molecule has 0 nitrogen and oxygen atoms in total. The number of hydrogen-bond acceptors (Lipinski definition) is 0. The minimum Gasteiger partial charge on any atom is -0.0622 e. The molecule has 32 heavy (non-hydrogen) atoms. The summed E-state index contributed by atoms with van der Waals surface area (Å²) in [7, 11) is -0.754. The summed E-state index contributed by atoms with van der Waals surface area (Å²) in [5.74, 6) is 0.702. The van der Waals surface area contributed by atoms with Crippen LogP contribution in [0.5, 0.6) is 0 Å². The molecule has 0 aromatic heterocycles. The minimum atomic E-state index is -0.404. The van der Waals surface area contributed by atoms with Gasteiger partial charge < -0.3 is 0 Å². The fourth-order valence-electron chi connectivity index (χ4n) is 5.92. The van der Waals surface area contributed by atoms with Crippen LogP contribution in [0.3, 0.4) is 0 Å². The standard InChI is InChI=1S/C30H28P2/c1-4-13-23(14-5-1)31(24-15-6-2-7-16-24)29-22-12-20-27-26-19-10-11-21-28(26)32(30(27)29)25-17-8-3-9-18-25/h1-11,13-19,21,27,29-30H,12,20,22H2/t27-,29+,30+,32-/m0/s1. The van der Waals surface area contributed by atoms with E-state index in [0.717, 1.165) is 5.66 Å². The Labute approximate surface area is 194 Å². The molecule has 6 rings (SSSR count). The van der Waals surface area contributed by atoms with Gasteiger partial charge in [0.25, 0.3) is 0 Å². The van der Waals surface area contributed by atoms with Crippen molar-refractivity contribution in [3.05, 3.63) is 121 Å². The van der Waals surface area contributed by atoms with E-state index >= 15 is 0 Å². The van der Waals surface area contributed by atoms with Crippen molar-refractivity contribution in [3.8, 4) is 0 Å². The summed E-state index contributed by atoms with van der Waals surface area (Å²) in [6, 6.07) is 43.6. The second-order valence-electron chi connectivity index (χ2n) is 8.90. The van der Waals surface area contributed by atoms with E-state index < -0.39 is 7.92 Å². The first kappa shape index (κ1) is 20.4. The molecule has 2 heteroatoms. The van der Waals surface area contributed by atoms with Gasteiger partial charge in [-0.15, -0.1) is 0 Å². The van der Waals surface area contributed by atoms with E-state index in [2.05, 4.69) is 115 Å². The number of hydrogen-bond donors (Lipinski definition) is 0. The maximum absolute atomic E-state index is 2.44. The molecule has 0 radical (unpaired) electrons. The summed E-state index contributed by atoms with van der Waals surface area (Å²) in [5.41, 5.74) is 3.09. The molecule has 1 saturated carbocycles. The van der Waals surface area contributed by atoms with Crippen LogP contribution in [0, 0.1) is 0 Å². The highest BCUT2D eigenvalue weighted by molar-refractivity contribution is 7.78. The highest BCUT2D eigenvalue weighted by Crippen LogP contribution is 2.64. The molecule has 0 amide bonds.